The van der Waals surface area contributed by atoms with Crippen molar-refractivity contribution in [1.82, 2.24) is 0 Å². The van der Waals surface area contributed by atoms with Crippen molar-refractivity contribution >= 4 is 34.6 Å². The number of nitrogens with zero attached hydrogens (tertiary/aromatic N) is 1. The summed E-state index contributed by atoms with van der Waals surface area (Å²) in [6.07, 6.45) is 0.930. The molecule has 0 radical (unpaired) electrons. The van der Waals surface area contributed by atoms with E-state index in [0.29, 0.717) is 10.9 Å². The highest BCUT2D eigenvalue weighted by Crippen LogP contribution is 2.46. The molecule has 0 unspecified atom stereocenters. The molecule has 3 aromatic rings. The Hall–Kier alpha value is -3.81. The minimum atomic E-state index is -3.19. The van der Waals surface area contributed by atoms with E-state index in [1.165, 1.54) is 18.2 Å². The number of rotatable bonds is 7. The zero-order chi connectivity index (χ0) is 22.1. The average Bonchev–Trinajstić information content (AvgIpc) is 3.01. The van der Waals surface area contributed by atoms with Crippen LogP contribution in [-0.4, -0.2) is 31.3 Å². The Balaban J connectivity index is 1.95. The number of alkyl halides is 2. The molecule has 3 aromatic carbocycles. The number of amides is 2. The molecule has 1 aliphatic heterocycles. The van der Waals surface area contributed by atoms with Crippen LogP contribution >= 0.6 is 0 Å². The number of carbonyl (C=O) groups is 3. The topological polar surface area (TPSA) is 72.9 Å². The highest BCUT2D eigenvalue weighted by atomic mass is 19.3. The summed E-state index contributed by atoms with van der Waals surface area (Å²) in [6.45, 7) is -1.27. The lowest BCUT2D eigenvalue weighted by molar-refractivity contribution is -0.107. The molecular formula is C23H17F2NO5. The summed E-state index contributed by atoms with van der Waals surface area (Å²) >= 11 is 0. The van der Waals surface area contributed by atoms with Crippen LogP contribution in [0.25, 0.3) is 10.8 Å². The van der Waals surface area contributed by atoms with Crippen molar-refractivity contribution < 1.29 is 32.6 Å². The van der Waals surface area contributed by atoms with Gasteiger partial charge in [0.05, 0.1) is 23.4 Å². The number of ether oxygens (including phenoxy) is 2. The van der Waals surface area contributed by atoms with Crippen molar-refractivity contribution in [2.24, 2.45) is 0 Å². The fourth-order valence-electron chi connectivity index (χ4n) is 3.72. The molecule has 0 aliphatic carbocycles. The summed E-state index contributed by atoms with van der Waals surface area (Å²) in [5.41, 5.74) is 0.579. The lowest BCUT2D eigenvalue weighted by atomic mass is 9.99. The maximum Gasteiger partial charge on any atom is 0.387 e. The Morgan fingerprint density at radius 3 is 2.06 bits per heavy atom. The second-order valence-corrected chi connectivity index (χ2v) is 6.75. The standard InChI is InChI=1S/C23H17F2NO5/c1-2-30-19-15-5-3-4-6-16(15)20(31-23(24)25)18-17(19)21(28)26(22(18)29)14-9-7-13(8-10-14)11-12-27/h3-10,12,23H,2,11H2,1H3. The molecule has 0 fully saturated rings. The van der Waals surface area contributed by atoms with Crippen molar-refractivity contribution in [3.8, 4) is 11.5 Å². The van der Waals surface area contributed by atoms with Gasteiger partial charge in [-0.2, -0.15) is 8.78 Å². The van der Waals surface area contributed by atoms with Crippen molar-refractivity contribution in [2.75, 3.05) is 11.5 Å². The molecule has 1 aliphatic rings. The van der Waals surface area contributed by atoms with Gasteiger partial charge in [0.25, 0.3) is 11.8 Å². The molecule has 4 rings (SSSR count). The summed E-state index contributed by atoms with van der Waals surface area (Å²) < 4.78 is 36.9. The lowest BCUT2D eigenvalue weighted by Gasteiger charge is -2.16. The molecule has 0 spiro atoms. The van der Waals surface area contributed by atoms with E-state index in [0.717, 1.165) is 11.2 Å². The quantitative estimate of drug-likeness (QED) is 0.415. The van der Waals surface area contributed by atoms with Gasteiger partial charge >= 0.3 is 6.61 Å². The van der Waals surface area contributed by atoms with Crippen LogP contribution in [0.5, 0.6) is 11.5 Å². The van der Waals surface area contributed by atoms with Gasteiger partial charge < -0.3 is 14.3 Å². The van der Waals surface area contributed by atoms with E-state index >= 15 is 0 Å². The monoisotopic (exact) mass is 425 g/mol. The largest absolute Gasteiger partial charge is 0.492 e. The minimum absolute atomic E-state index is 0.113. The van der Waals surface area contributed by atoms with Crippen LogP contribution in [0, 0.1) is 0 Å². The highest BCUT2D eigenvalue weighted by Gasteiger charge is 2.44. The average molecular weight is 425 g/mol. The Morgan fingerprint density at radius 1 is 0.935 bits per heavy atom. The first kappa shape index (κ1) is 20.5. The fourth-order valence-corrected chi connectivity index (χ4v) is 3.72. The Morgan fingerprint density at radius 2 is 1.52 bits per heavy atom. The number of carbonyl (C=O) groups excluding carboxylic acids is 3. The maximum absolute atomic E-state index is 13.3. The van der Waals surface area contributed by atoms with Crippen LogP contribution in [0.15, 0.2) is 48.5 Å². The van der Waals surface area contributed by atoms with Gasteiger partial charge in [0.15, 0.2) is 0 Å². The van der Waals surface area contributed by atoms with E-state index in [9.17, 15) is 23.2 Å². The second kappa shape index (κ2) is 8.14. The normalized spacial score (nSPS) is 13.1. The summed E-state index contributed by atoms with van der Waals surface area (Å²) in [5.74, 6) is -1.70. The molecule has 1 heterocycles. The van der Waals surface area contributed by atoms with Gasteiger partial charge in [0.1, 0.15) is 17.8 Å². The SMILES string of the molecule is CCOc1c2c(c(OC(F)F)c3ccccc13)C(=O)N(c1ccc(CC=O)cc1)C2=O. The van der Waals surface area contributed by atoms with E-state index in [1.54, 1.807) is 37.3 Å². The third kappa shape index (κ3) is 3.39. The summed E-state index contributed by atoms with van der Waals surface area (Å²) in [7, 11) is 0. The zero-order valence-electron chi connectivity index (χ0n) is 16.4. The third-order valence-electron chi connectivity index (χ3n) is 4.96. The van der Waals surface area contributed by atoms with Gasteiger partial charge in [-0.05, 0) is 24.6 Å². The second-order valence-electron chi connectivity index (χ2n) is 6.75. The van der Waals surface area contributed by atoms with E-state index in [1.807, 2.05) is 0 Å². The first-order valence-corrected chi connectivity index (χ1v) is 9.55. The van der Waals surface area contributed by atoms with Gasteiger partial charge in [-0.25, -0.2) is 4.90 Å². The number of hydrogen-bond acceptors (Lipinski definition) is 5. The molecular weight excluding hydrogens is 408 g/mol. The van der Waals surface area contributed by atoms with Crippen LogP contribution in [0.3, 0.4) is 0 Å². The summed E-state index contributed by atoms with van der Waals surface area (Å²) in [4.78, 5) is 38.2. The number of halogens is 2. The number of anilines is 1. The predicted octanol–water partition coefficient (Wildman–Crippen LogP) is 4.38. The summed E-state index contributed by atoms with van der Waals surface area (Å²) in [6, 6.07) is 12.7. The highest BCUT2D eigenvalue weighted by molar-refractivity contribution is 6.38. The van der Waals surface area contributed by atoms with Gasteiger partial charge in [-0.15, -0.1) is 0 Å². The number of imide groups is 1. The number of fused-ring (bicyclic) bond motifs is 2. The van der Waals surface area contributed by atoms with E-state index in [2.05, 4.69) is 0 Å². The molecule has 6 nitrogen and oxygen atoms in total. The molecule has 0 atom stereocenters. The van der Waals surface area contributed by atoms with Gasteiger partial charge in [-0.3, -0.25) is 9.59 Å². The van der Waals surface area contributed by atoms with Crippen molar-refractivity contribution in [2.45, 2.75) is 20.0 Å². The molecule has 0 aromatic heterocycles. The summed E-state index contributed by atoms with van der Waals surface area (Å²) in [5, 5.41) is 0.636. The van der Waals surface area contributed by atoms with Crippen molar-refractivity contribution in [3.05, 3.63) is 65.2 Å². The van der Waals surface area contributed by atoms with Gasteiger partial charge in [0.2, 0.25) is 0 Å². The molecule has 0 saturated carbocycles. The number of aldehydes is 1. The Bertz CT molecular complexity index is 1190. The van der Waals surface area contributed by atoms with Crippen molar-refractivity contribution in [1.29, 1.82) is 0 Å². The van der Waals surface area contributed by atoms with Crippen LogP contribution in [0.4, 0.5) is 14.5 Å². The molecule has 2 amide bonds. The predicted molar refractivity (Wildman–Crippen MR) is 109 cm³/mol. The van der Waals surface area contributed by atoms with E-state index < -0.39 is 18.4 Å². The minimum Gasteiger partial charge on any atom is -0.492 e. The first-order valence-electron chi connectivity index (χ1n) is 9.55. The van der Waals surface area contributed by atoms with Crippen LogP contribution < -0.4 is 14.4 Å². The Labute approximate surface area is 176 Å². The van der Waals surface area contributed by atoms with E-state index in [-0.39, 0.29) is 46.7 Å². The Kier molecular flexibility index (Phi) is 5.37. The fraction of sp³-hybridized carbons (Fsp3) is 0.174. The van der Waals surface area contributed by atoms with Crippen LogP contribution in [-0.2, 0) is 11.2 Å². The number of hydrogen-bond donors (Lipinski definition) is 0. The molecule has 8 heteroatoms. The number of benzene rings is 3. The zero-order valence-corrected chi connectivity index (χ0v) is 16.4. The third-order valence-corrected chi connectivity index (χ3v) is 4.96. The van der Waals surface area contributed by atoms with Gasteiger partial charge in [0, 0.05) is 17.2 Å². The van der Waals surface area contributed by atoms with Crippen molar-refractivity contribution in [3.63, 3.8) is 0 Å². The molecule has 0 saturated heterocycles. The molecule has 0 bridgehead atoms. The van der Waals surface area contributed by atoms with Crippen LogP contribution in [0.1, 0.15) is 33.2 Å². The van der Waals surface area contributed by atoms with E-state index in [4.69, 9.17) is 9.47 Å². The lowest BCUT2D eigenvalue weighted by Crippen LogP contribution is -2.29. The van der Waals surface area contributed by atoms with Gasteiger partial charge in [-0.1, -0.05) is 36.4 Å². The molecule has 0 N–H and O–H groups in total. The van der Waals surface area contributed by atoms with Crippen LogP contribution in [0.2, 0.25) is 0 Å². The molecule has 31 heavy (non-hydrogen) atoms. The molecule has 158 valence electrons. The smallest absolute Gasteiger partial charge is 0.387 e. The first-order chi connectivity index (χ1) is 15.0. The maximum atomic E-state index is 13.3.